The van der Waals surface area contributed by atoms with Crippen molar-refractivity contribution in [3.63, 3.8) is 0 Å². The number of ether oxygens (including phenoxy) is 1. The summed E-state index contributed by atoms with van der Waals surface area (Å²) in [5, 5.41) is 2.70. The highest BCUT2D eigenvalue weighted by molar-refractivity contribution is 7.89. The van der Waals surface area contributed by atoms with Crippen molar-refractivity contribution < 1.29 is 22.3 Å². The first-order valence-corrected chi connectivity index (χ1v) is 11.6. The molecule has 0 radical (unpaired) electrons. The zero-order valence-electron chi connectivity index (χ0n) is 17.5. The van der Waals surface area contributed by atoms with E-state index < -0.39 is 10.0 Å². The minimum atomic E-state index is -3.72. The van der Waals surface area contributed by atoms with E-state index in [1.54, 1.807) is 54.6 Å². The number of nitrogens with zero attached hydrogens (tertiary/aromatic N) is 1. The van der Waals surface area contributed by atoms with E-state index in [1.165, 1.54) is 10.4 Å². The molecule has 0 spiro atoms. The highest BCUT2D eigenvalue weighted by Gasteiger charge is 2.28. The largest absolute Gasteiger partial charge is 0.492 e. The summed E-state index contributed by atoms with van der Waals surface area (Å²) >= 11 is 0. The van der Waals surface area contributed by atoms with Crippen LogP contribution in [-0.4, -0.2) is 31.8 Å². The summed E-state index contributed by atoms with van der Waals surface area (Å²) in [5.74, 6) is -0.230. The number of rotatable bonds is 5. The fourth-order valence-corrected chi connectivity index (χ4v) is 5.07. The topological polar surface area (TPSA) is 75.7 Å². The van der Waals surface area contributed by atoms with Gasteiger partial charge in [-0.1, -0.05) is 30.3 Å². The first-order chi connectivity index (χ1) is 15.3. The summed E-state index contributed by atoms with van der Waals surface area (Å²) in [5.41, 5.74) is 2.18. The summed E-state index contributed by atoms with van der Waals surface area (Å²) in [7, 11) is -3.72. The Hall–Kier alpha value is -3.23. The maximum atomic E-state index is 13.8. The second-order valence-corrected chi connectivity index (χ2v) is 9.54. The smallest absolute Gasteiger partial charge is 0.251 e. The Kier molecular flexibility index (Phi) is 6.25. The van der Waals surface area contributed by atoms with Crippen molar-refractivity contribution in [1.82, 2.24) is 9.62 Å². The van der Waals surface area contributed by atoms with Gasteiger partial charge in [-0.2, -0.15) is 4.31 Å². The quantitative estimate of drug-likeness (QED) is 0.639. The number of sulfonamides is 1. The van der Waals surface area contributed by atoms with Crippen LogP contribution in [0.2, 0.25) is 0 Å². The molecular formula is C24H23FN2O4S. The number of aryl methyl sites for hydroxylation is 1. The van der Waals surface area contributed by atoms with Gasteiger partial charge in [-0.3, -0.25) is 4.79 Å². The van der Waals surface area contributed by atoms with E-state index in [-0.39, 0.29) is 42.9 Å². The second-order valence-electron chi connectivity index (χ2n) is 7.60. The molecule has 0 atom stereocenters. The van der Waals surface area contributed by atoms with Crippen LogP contribution >= 0.6 is 0 Å². The third kappa shape index (κ3) is 4.66. The molecule has 1 N–H and O–H groups in total. The highest BCUT2D eigenvalue weighted by Crippen LogP contribution is 2.28. The van der Waals surface area contributed by atoms with Gasteiger partial charge in [0.25, 0.3) is 5.91 Å². The molecule has 166 valence electrons. The molecule has 0 fully saturated rings. The number of fused-ring (bicyclic) bond motifs is 1. The van der Waals surface area contributed by atoms with Crippen molar-refractivity contribution in [2.75, 3.05) is 13.2 Å². The predicted octanol–water partition coefficient (Wildman–Crippen LogP) is 3.65. The zero-order chi connectivity index (χ0) is 22.7. The molecule has 0 unspecified atom stereocenters. The summed E-state index contributed by atoms with van der Waals surface area (Å²) in [6.45, 7) is 2.37. The Morgan fingerprint density at radius 3 is 2.69 bits per heavy atom. The van der Waals surface area contributed by atoms with Gasteiger partial charge in [0.1, 0.15) is 18.2 Å². The maximum Gasteiger partial charge on any atom is 0.251 e. The normalized spacial score (nSPS) is 14.2. The minimum absolute atomic E-state index is 0.0486. The molecule has 1 aliphatic rings. The van der Waals surface area contributed by atoms with Gasteiger partial charge in [0, 0.05) is 36.3 Å². The molecule has 6 nitrogen and oxygen atoms in total. The third-order valence-electron chi connectivity index (χ3n) is 5.29. The van der Waals surface area contributed by atoms with Gasteiger partial charge in [-0.05, 0) is 48.9 Å². The van der Waals surface area contributed by atoms with Gasteiger partial charge >= 0.3 is 0 Å². The molecule has 8 heteroatoms. The first-order valence-electron chi connectivity index (χ1n) is 10.2. The molecule has 0 aromatic heterocycles. The fraction of sp³-hybridized carbons (Fsp3) is 0.208. The number of nitrogens with one attached hydrogen (secondary N) is 1. The van der Waals surface area contributed by atoms with Gasteiger partial charge < -0.3 is 10.1 Å². The Bertz CT molecular complexity index is 1260. The summed E-state index contributed by atoms with van der Waals surface area (Å²) in [6, 6.07) is 17.9. The number of carbonyl (C=O) groups excluding carboxylic acids is 1. The monoisotopic (exact) mass is 454 g/mol. The van der Waals surface area contributed by atoms with E-state index in [4.69, 9.17) is 4.74 Å². The number of hydrogen-bond donors (Lipinski definition) is 1. The summed E-state index contributed by atoms with van der Waals surface area (Å²) in [4.78, 5) is 12.9. The number of halogens is 1. The molecule has 0 saturated heterocycles. The molecular weight excluding hydrogens is 431 g/mol. The molecule has 3 aromatic carbocycles. The van der Waals surface area contributed by atoms with Crippen LogP contribution in [0.5, 0.6) is 5.75 Å². The standard InChI is InChI=1S/C24H23FN2O4S/c1-17-5-4-7-21(13-17)32(29,30)27-11-12-31-23-10-9-18(14-20(23)16-27)24(28)26-15-19-6-2-3-8-22(19)25/h2-10,13-14H,11-12,15-16H2,1H3,(H,26,28). The number of carbonyl (C=O) groups is 1. The minimum Gasteiger partial charge on any atom is -0.492 e. The van der Waals surface area contributed by atoms with E-state index in [2.05, 4.69) is 5.32 Å². The summed E-state index contributed by atoms with van der Waals surface area (Å²) in [6.07, 6.45) is 0. The summed E-state index contributed by atoms with van der Waals surface area (Å²) < 4.78 is 47.2. The van der Waals surface area contributed by atoms with E-state index in [1.807, 2.05) is 13.0 Å². The number of amides is 1. The van der Waals surface area contributed by atoms with Crippen LogP contribution in [0.4, 0.5) is 4.39 Å². The van der Waals surface area contributed by atoms with Crippen LogP contribution in [-0.2, 0) is 23.1 Å². The van der Waals surface area contributed by atoms with Crippen molar-refractivity contribution >= 4 is 15.9 Å². The van der Waals surface area contributed by atoms with Gasteiger partial charge in [0.05, 0.1) is 4.90 Å². The molecule has 1 amide bonds. The van der Waals surface area contributed by atoms with E-state index in [0.29, 0.717) is 22.4 Å². The maximum absolute atomic E-state index is 13.8. The predicted molar refractivity (Wildman–Crippen MR) is 118 cm³/mol. The molecule has 0 saturated carbocycles. The lowest BCUT2D eigenvalue weighted by atomic mass is 10.1. The van der Waals surface area contributed by atoms with Crippen molar-refractivity contribution in [2.45, 2.75) is 24.9 Å². The number of benzene rings is 3. The highest BCUT2D eigenvalue weighted by atomic mass is 32.2. The van der Waals surface area contributed by atoms with Crippen molar-refractivity contribution in [3.05, 3.63) is 94.8 Å². The second kappa shape index (κ2) is 9.10. The van der Waals surface area contributed by atoms with Crippen LogP contribution in [0, 0.1) is 12.7 Å². The lowest BCUT2D eigenvalue weighted by molar-refractivity contribution is 0.0950. The van der Waals surface area contributed by atoms with E-state index in [9.17, 15) is 17.6 Å². The van der Waals surface area contributed by atoms with Crippen molar-refractivity contribution in [2.24, 2.45) is 0 Å². The van der Waals surface area contributed by atoms with E-state index in [0.717, 1.165) is 5.56 Å². The van der Waals surface area contributed by atoms with Gasteiger partial charge in [-0.25, -0.2) is 12.8 Å². The fourth-order valence-electron chi connectivity index (χ4n) is 3.56. The van der Waals surface area contributed by atoms with Crippen LogP contribution in [0.15, 0.2) is 71.6 Å². The lowest BCUT2D eigenvalue weighted by Crippen LogP contribution is -2.32. The van der Waals surface area contributed by atoms with Crippen LogP contribution < -0.4 is 10.1 Å². The Balaban J connectivity index is 1.54. The molecule has 4 rings (SSSR count). The number of hydrogen-bond acceptors (Lipinski definition) is 4. The van der Waals surface area contributed by atoms with Crippen molar-refractivity contribution in [3.8, 4) is 5.75 Å². The van der Waals surface area contributed by atoms with Gasteiger partial charge in [0.2, 0.25) is 10.0 Å². The van der Waals surface area contributed by atoms with Crippen LogP contribution in [0.1, 0.15) is 27.0 Å². The Morgan fingerprint density at radius 1 is 1.09 bits per heavy atom. The van der Waals surface area contributed by atoms with Crippen molar-refractivity contribution in [1.29, 1.82) is 0 Å². The average molecular weight is 455 g/mol. The molecule has 32 heavy (non-hydrogen) atoms. The molecule has 3 aromatic rings. The Labute approximate surface area is 186 Å². The molecule has 1 aliphatic heterocycles. The molecule has 0 bridgehead atoms. The lowest BCUT2D eigenvalue weighted by Gasteiger charge is -2.20. The molecule has 1 heterocycles. The van der Waals surface area contributed by atoms with Gasteiger partial charge in [0.15, 0.2) is 0 Å². The first kappa shape index (κ1) is 22.0. The average Bonchev–Trinajstić information content (AvgIpc) is 3.01. The Morgan fingerprint density at radius 2 is 1.91 bits per heavy atom. The third-order valence-corrected chi connectivity index (χ3v) is 7.13. The zero-order valence-corrected chi connectivity index (χ0v) is 18.4. The van der Waals surface area contributed by atoms with Gasteiger partial charge in [-0.15, -0.1) is 0 Å². The van der Waals surface area contributed by atoms with E-state index >= 15 is 0 Å². The SMILES string of the molecule is Cc1cccc(S(=O)(=O)N2CCOc3ccc(C(=O)NCc4ccccc4F)cc3C2)c1. The molecule has 0 aliphatic carbocycles. The van der Waals surface area contributed by atoms with Crippen LogP contribution in [0.3, 0.4) is 0 Å². The van der Waals surface area contributed by atoms with Crippen LogP contribution in [0.25, 0.3) is 0 Å².